The van der Waals surface area contributed by atoms with E-state index in [0.717, 1.165) is 43.6 Å². The highest BCUT2D eigenvalue weighted by Crippen LogP contribution is 2.20. The lowest BCUT2D eigenvalue weighted by Crippen LogP contribution is -2.42. The molecule has 1 fully saturated rings. The Kier molecular flexibility index (Phi) is 6.05. The lowest BCUT2D eigenvalue weighted by Gasteiger charge is -2.32. The first-order valence-electron chi connectivity index (χ1n) is 8.60. The van der Waals surface area contributed by atoms with Crippen LogP contribution in [0.5, 0.6) is 0 Å². The number of benzene rings is 2. The number of carbonyl (C=O) groups is 1. The van der Waals surface area contributed by atoms with E-state index in [2.05, 4.69) is 10.2 Å². The fraction of sp³-hybridized carbons (Fsp3) is 0.350. The second-order valence-electron chi connectivity index (χ2n) is 6.51. The lowest BCUT2D eigenvalue weighted by molar-refractivity contribution is -0.126. The summed E-state index contributed by atoms with van der Waals surface area (Å²) in [6.07, 6.45) is 1.89. The van der Waals surface area contributed by atoms with Crippen LogP contribution >= 0.6 is 11.6 Å². The zero-order valence-corrected chi connectivity index (χ0v) is 14.8. The predicted molar refractivity (Wildman–Crippen MR) is 97.7 cm³/mol. The maximum Gasteiger partial charge on any atom is 0.224 e. The molecule has 0 spiro atoms. The summed E-state index contributed by atoms with van der Waals surface area (Å²) in [7, 11) is 0. The third-order valence-electron chi connectivity index (χ3n) is 4.61. The summed E-state index contributed by atoms with van der Waals surface area (Å²) in [5.41, 5.74) is 2.00. The zero-order chi connectivity index (χ0) is 17.6. The van der Waals surface area contributed by atoms with Gasteiger partial charge in [-0.1, -0.05) is 41.9 Å². The number of nitrogens with one attached hydrogen (secondary N) is 1. The van der Waals surface area contributed by atoms with Crippen LogP contribution in [0.3, 0.4) is 0 Å². The van der Waals surface area contributed by atoms with Crippen molar-refractivity contribution in [1.29, 1.82) is 0 Å². The molecule has 1 N–H and O–H groups in total. The summed E-state index contributed by atoms with van der Waals surface area (Å²) in [4.78, 5) is 14.8. The summed E-state index contributed by atoms with van der Waals surface area (Å²) < 4.78 is 13.0. The molecular formula is C20H22ClFN2O. The number of piperidine rings is 1. The smallest absolute Gasteiger partial charge is 0.224 e. The molecule has 1 saturated heterocycles. The normalized spacial score (nSPS) is 18.1. The molecule has 0 bridgehead atoms. The average Bonchev–Trinajstić information content (AvgIpc) is 2.63. The van der Waals surface area contributed by atoms with E-state index in [0.29, 0.717) is 11.6 Å². The number of halogens is 2. The van der Waals surface area contributed by atoms with Crippen molar-refractivity contribution in [1.82, 2.24) is 10.2 Å². The molecule has 132 valence electrons. The molecule has 0 radical (unpaired) electrons. The van der Waals surface area contributed by atoms with Crippen molar-refractivity contribution in [2.75, 3.05) is 13.1 Å². The van der Waals surface area contributed by atoms with Crippen LogP contribution in [-0.2, 0) is 17.9 Å². The maximum absolute atomic E-state index is 13.0. The summed E-state index contributed by atoms with van der Waals surface area (Å²) in [5, 5.41) is 3.67. The Bertz CT molecular complexity index is 720. The number of hydrogen-bond donors (Lipinski definition) is 1. The van der Waals surface area contributed by atoms with Crippen molar-refractivity contribution in [3.63, 3.8) is 0 Å². The second kappa shape index (κ2) is 8.45. The van der Waals surface area contributed by atoms with E-state index in [9.17, 15) is 9.18 Å². The van der Waals surface area contributed by atoms with Gasteiger partial charge in [0.2, 0.25) is 5.91 Å². The minimum atomic E-state index is -0.223. The molecule has 0 aromatic heterocycles. The van der Waals surface area contributed by atoms with E-state index in [1.165, 1.54) is 12.1 Å². The second-order valence-corrected chi connectivity index (χ2v) is 6.92. The summed E-state index contributed by atoms with van der Waals surface area (Å²) in [6.45, 7) is 2.89. The molecule has 1 atom stereocenters. The van der Waals surface area contributed by atoms with Gasteiger partial charge < -0.3 is 5.32 Å². The zero-order valence-electron chi connectivity index (χ0n) is 14.1. The molecule has 2 aromatic carbocycles. The van der Waals surface area contributed by atoms with Gasteiger partial charge in [-0.15, -0.1) is 0 Å². The van der Waals surface area contributed by atoms with Crippen LogP contribution in [0, 0.1) is 11.7 Å². The van der Waals surface area contributed by atoms with Gasteiger partial charge in [-0.3, -0.25) is 9.69 Å². The Labute approximate surface area is 152 Å². The molecule has 0 unspecified atom stereocenters. The Hall–Kier alpha value is -1.91. The van der Waals surface area contributed by atoms with Crippen molar-refractivity contribution in [2.24, 2.45) is 5.92 Å². The van der Waals surface area contributed by atoms with E-state index in [4.69, 9.17) is 11.6 Å². The maximum atomic E-state index is 13.0. The van der Waals surface area contributed by atoms with Crippen molar-refractivity contribution in [3.8, 4) is 0 Å². The number of amides is 1. The van der Waals surface area contributed by atoms with Crippen molar-refractivity contribution in [3.05, 3.63) is 70.5 Å². The quantitative estimate of drug-likeness (QED) is 0.873. The largest absolute Gasteiger partial charge is 0.352 e. The van der Waals surface area contributed by atoms with E-state index in [1.54, 1.807) is 12.1 Å². The first-order valence-corrected chi connectivity index (χ1v) is 8.97. The van der Waals surface area contributed by atoms with Crippen LogP contribution in [0.25, 0.3) is 0 Å². The average molecular weight is 361 g/mol. The first kappa shape index (κ1) is 17.9. The fourth-order valence-corrected chi connectivity index (χ4v) is 3.43. The molecule has 1 heterocycles. The Morgan fingerprint density at radius 3 is 2.72 bits per heavy atom. The number of rotatable bonds is 5. The SMILES string of the molecule is O=C(NCc1ccccc1Cl)[C@@H]1CCCN(Cc2ccc(F)cc2)C1. The van der Waals surface area contributed by atoms with Crippen molar-refractivity contribution < 1.29 is 9.18 Å². The van der Waals surface area contributed by atoms with Crippen LogP contribution in [0.15, 0.2) is 48.5 Å². The molecule has 3 rings (SSSR count). The molecule has 5 heteroatoms. The van der Waals surface area contributed by atoms with Crippen LogP contribution in [-0.4, -0.2) is 23.9 Å². The van der Waals surface area contributed by atoms with Crippen LogP contribution < -0.4 is 5.32 Å². The third-order valence-corrected chi connectivity index (χ3v) is 4.98. The highest BCUT2D eigenvalue weighted by atomic mass is 35.5. The van der Waals surface area contributed by atoms with E-state index in [1.807, 2.05) is 24.3 Å². The summed E-state index contributed by atoms with van der Waals surface area (Å²) in [5.74, 6) is -0.167. The minimum absolute atomic E-state index is 0.0170. The number of nitrogens with zero attached hydrogens (tertiary/aromatic N) is 1. The van der Waals surface area contributed by atoms with E-state index >= 15 is 0 Å². The van der Waals surface area contributed by atoms with Gasteiger partial charge >= 0.3 is 0 Å². The van der Waals surface area contributed by atoms with Gasteiger partial charge in [-0.2, -0.15) is 0 Å². The number of likely N-dealkylation sites (tertiary alicyclic amines) is 1. The lowest BCUT2D eigenvalue weighted by atomic mass is 9.96. The van der Waals surface area contributed by atoms with Crippen LogP contribution in [0.2, 0.25) is 5.02 Å². The highest BCUT2D eigenvalue weighted by Gasteiger charge is 2.25. The topological polar surface area (TPSA) is 32.3 Å². The Morgan fingerprint density at radius 1 is 1.20 bits per heavy atom. The minimum Gasteiger partial charge on any atom is -0.352 e. The summed E-state index contributed by atoms with van der Waals surface area (Å²) >= 11 is 6.13. The van der Waals surface area contributed by atoms with Gasteiger partial charge in [0.1, 0.15) is 5.82 Å². The molecule has 0 aliphatic carbocycles. The van der Waals surface area contributed by atoms with Gasteiger partial charge in [-0.25, -0.2) is 4.39 Å². The van der Waals surface area contributed by atoms with Crippen molar-refractivity contribution in [2.45, 2.75) is 25.9 Å². The van der Waals surface area contributed by atoms with Gasteiger partial charge in [0, 0.05) is 24.7 Å². The van der Waals surface area contributed by atoms with E-state index in [-0.39, 0.29) is 17.6 Å². The Balaban J connectivity index is 1.52. The number of hydrogen-bond acceptors (Lipinski definition) is 2. The molecule has 0 saturated carbocycles. The molecular weight excluding hydrogens is 339 g/mol. The van der Waals surface area contributed by atoms with Gasteiger partial charge in [0.05, 0.1) is 5.92 Å². The molecule has 25 heavy (non-hydrogen) atoms. The summed E-state index contributed by atoms with van der Waals surface area (Å²) in [6, 6.07) is 14.1. The van der Waals surface area contributed by atoms with Gasteiger partial charge in [-0.05, 0) is 48.7 Å². The standard InChI is InChI=1S/C20H22ClFN2O/c21-19-6-2-1-4-16(19)12-23-20(25)17-5-3-11-24(14-17)13-15-7-9-18(22)10-8-15/h1-2,4,6-10,17H,3,5,11-14H2,(H,23,25)/t17-/m1/s1. The molecule has 1 amide bonds. The molecule has 3 nitrogen and oxygen atoms in total. The molecule has 1 aliphatic heterocycles. The van der Waals surface area contributed by atoms with Crippen LogP contribution in [0.4, 0.5) is 4.39 Å². The first-order chi connectivity index (χ1) is 12.1. The van der Waals surface area contributed by atoms with Gasteiger partial charge in [0.15, 0.2) is 0 Å². The van der Waals surface area contributed by atoms with Crippen molar-refractivity contribution >= 4 is 17.5 Å². The molecule has 2 aromatic rings. The monoisotopic (exact) mass is 360 g/mol. The highest BCUT2D eigenvalue weighted by molar-refractivity contribution is 6.31. The van der Waals surface area contributed by atoms with Crippen LogP contribution in [0.1, 0.15) is 24.0 Å². The molecule has 1 aliphatic rings. The number of carbonyl (C=O) groups excluding carboxylic acids is 1. The Morgan fingerprint density at radius 2 is 1.96 bits per heavy atom. The third kappa shape index (κ3) is 5.03. The van der Waals surface area contributed by atoms with E-state index < -0.39 is 0 Å². The van der Waals surface area contributed by atoms with Gasteiger partial charge in [0.25, 0.3) is 0 Å². The fourth-order valence-electron chi connectivity index (χ4n) is 3.23. The predicted octanol–water partition coefficient (Wildman–Crippen LogP) is 4.01.